The van der Waals surface area contributed by atoms with Gasteiger partial charge >= 0.3 is 0 Å². The first kappa shape index (κ1) is 23.0. The molecule has 2 heterocycles. The SMILES string of the molecule is CCO[C@H]1[C@H](NC(=O)c2cccnc2)c2ccccc2C12CCN(C(=O)C1CCCCC1)CC2. The molecular weight excluding hydrogens is 426 g/mol. The van der Waals surface area contributed by atoms with E-state index in [9.17, 15) is 9.59 Å². The quantitative estimate of drug-likeness (QED) is 0.716. The van der Waals surface area contributed by atoms with Crippen molar-refractivity contribution in [1.29, 1.82) is 0 Å². The van der Waals surface area contributed by atoms with Crippen molar-refractivity contribution in [3.8, 4) is 0 Å². The molecule has 1 aromatic carbocycles. The minimum Gasteiger partial charge on any atom is -0.375 e. The molecule has 1 spiro atoms. The number of carbonyl (C=O) groups is 2. The summed E-state index contributed by atoms with van der Waals surface area (Å²) in [5, 5.41) is 3.26. The zero-order chi connectivity index (χ0) is 23.5. The van der Waals surface area contributed by atoms with Gasteiger partial charge in [0.1, 0.15) is 0 Å². The summed E-state index contributed by atoms with van der Waals surface area (Å²) in [6.07, 6.45) is 10.5. The molecule has 1 N–H and O–H groups in total. The molecule has 5 rings (SSSR count). The van der Waals surface area contributed by atoms with Crippen LogP contribution in [-0.4, -0.2) is 47.5 Å². The predicted octanol–water partition coefficient (Wildman–Crippen LogP) is 4.41. The predicted molar refractivity (Wildman–Crippen MR) is 130 cm³/mol. The molecule has 2 amide bonds. The number of benzene rings is 1. The van der Waals surface area contributed by atoms with Crippen molar-refractivity contribution in [3.63, 3.8) is 0 Å². The van der Waals surface area contributed by atoms with Crippen LogP contribution in [0.15, 0.2) is 48.8 Å². The number of aromatic nitrogens is 1. The molecule has 3 aliphatic rings. The number of ether oxygens (including phenoxy) is 1. The Balaban J connectivity index is 1.39. The number of carbonyl (C=O) groups excluding carboxylic acids is 2. The Bertz CT molecular complexity index is 1010. The average molecular weight is 462 g/mol. The first-order chi connectivity index (χ1) is 16.6. The highest BCUT2D eigenvalue weighted by Gasteiger charge is 2.54. The van der Waals surface area contributed by atoms with Crippen LogP contribution < -0.4 is 5.32 Å². The molecule has 0 radical (unpaired) electrons. The van der Waals surface area contributed by atoms with E-state index in [1.54, 1.807) is 24.5 Å². The Kier molecular flexibility index (Phi) is 6.68. The van der Waals surface area contributed by atoms with Gasteiger partial charge < -0.3 is 15.0 Å². The Morgan fingerprint density at radius 3 is 2.56 bits per heavy atom. The Morgan fingerprint density at radius 2 is 1.85 bits per heavy atom. The van der Waals surface area contributed by atoms with Crippen LogP contribution in [-0.2, 0) is 14.9 Å². The maximum atomic E-state index is 13.2. The van der Waals surface area contributed by atoms with Gasteiger partial charge in [-0.05, 0) is 55.9 Å². The highest BCUT2D eigenvalue weighted by atomic mass is 16.5. The fraction of sp³-hybridized carbons (Fsp3) is 0.536. The molecule has 6 nitrogen and oxygen atoms in total. The van der Waals surface area contributed by atoms with Crippen molar-refractivity contribution in [2.45, 2.75) is 69.4 Å². The zero-order valence-electron chi connectivity index (χ0n) is 20.0. The maximum Gasteiger partial charge on any atom is 0.253 e. The minimum atomic E-state index is -0.232. The molecule has 1 aromatic heterocycles. The molecule has 1 aliphatic heterocycles. The van der Waals surface area contributed by atoms with Gasteiger partial charge in [-0.1, -0.05) is 43.5 Å². The van der Waals surface area contributed by atoms with E-state index in [1.165, 1.54) is 24.8 Å². The molecule has 34 heavy (non-hydrogen) atoms. The summed E-state index contributed by atoms with van der Waals surface area (Å²) < 4.78 is 6.41. The molecule has 2 aromatic rings. The number of likely N-dealkylation sites (tertiary alicyclic amines) is 1. The number of amides is 2. The Labute approximate surface area is 202 Å². The molecular formula is C28H35N3O3. The monoisotopic (exact) mass is 461 g/mol. The molecule has 6 heteroatoms. The highest BCUT2D eigenvalue weighted by molar-refractivity contribution is 5.94. The third kappa shape index (κ3) is 4.13. The normalized spacial score (nSPS) is 24.1. The summed E-state index contributed by atoms with van der Waals surface area (Å²) in [7, 11) is 0. The van der Waals surface area contributed by atoms with Gasteiger partial charge in [0.05, 0.1) is 17.7 Å². The molecule has 1 saturated heterocycles. The van der Waals surface area contributed by atoms with Crippen molar-refractivity contribution < 1.29 is 14.3 Å². The summed E-state index contributed by atoms with van der Waals surface area (Å²) in [5.41, 5.74) is 2.73. The lowest BCUT2D eigenvalue weighted by molar-refractivity contribution is -0.139. The van der Waals surface area contributed by atoms with E-state index in [-0.39, 0.29) is 29.4 Å². The van der Waals surface area contributed by atoms with Crippen LogP contribution in [0.1, 0.15) is 79.4 Å². The number of rotatable bonds is 5. The lowest BCUT2D eigenvalue weighted by atomic mass is 9.71. The van der Waals surface area contributed by atoms with Gasteiger partial charge in [-0.3, -0.25) is 14.6 Å². The largest absolute Gasteiger partial charge is 0.375 e. The second-order valence-electron chi connectivity index (χ2n) is 9.97. The van der Waals surface area contributed by atoms with Crippen LogP contribution in [0.4, 0.5) is 0 Å². The third-order valence-corrected chi connectivity index (χ3v) is 8.16. The van der Waals surface area contributed by atoms with Gasteiger partial charge in [-0.2, -0.15) is 0 Å². The van der Waals surface area contributed by atoms with Crippen molar-refractivity contribution in [2.75, 3.05) is 19.7 Å². The number of fused-ring (bicyclic) bond motifs is 2. The number of piperidine rings is 1. The summed E-state index contributed by atoms with van der Waals surface area (Å²) in [6.45, 7) is 4.08. The van der Waals surface area contributed by atoms with Gasteiger partial charge in [0.2, 0.25) is 5.91 Å². The molecule has 2 aliphatic carbocycles. The second-order valence-corrected chi connectivity index (χ2v) is 9.97. The second kappa shape index (κ2) is 9.87. The fourth-order valence-corrected chi connectivity index (χ4v) is 6.46. The van der Waals surface area contributed by atoms with E-state index in [0.717, 1.165) is 44.3 Å². The van der Waals surface area contributed by atoms with Gasteiger partial charge in [0.25, 0.3) is 5.91 Å². The molecule has 0 unspecified atom stereocenters. The Hall–Kier alpha value is -2.73. The van der Waals surface area contributed by atoms with Gasteiger partial charge in [0.15, 0.2) is 0 Å². The van der Waals surface area contributed by atoms with Crippen molar-refractivity contribution in [2.24, 2.45) is 5.92 Å². The number of hydrogen-bond acceptors (Lipinski definition) is 4. The minimum absolute atomic E-state index is 0.139. The van der Waals surface area contributed by atoms with E-state index in [2.05, 4.69) is 33.4 Å². The molecule has 2 fully saturated rings. The summed E-state index contributed by atoms with van der Waals surface area (Å²) in [5.74, 6) is 0.405. The number of nitrogens with one attached hydrogen (secondary N) is 1. The smallest absolute Gasteiger partial charge is 0.253 e. The lowest BCUT2D eigenvalue weighted by Gasteiger charge is -2.45. The van der Waals surface area contributed by atoms with Crippen LogP contribution >= 0.6 is 0 Å². The zero-order valence-corrected chi connectivity index (χ0v) is 20.0. The van der Waals surface area contributed by atoms with Crippen LogP contribution in [0, 0.1) is 5.92 Å². The van der Waals surface area contributed by atoms with E-state index < -0.39 is 0 Å². The van der Waals surface area contributed by atoms with Crippen molar-refractivity contribution >= 4 is 11.8 Å². The van der Waals surface area contributed by atoms with Crippen molar-refractivity contribution in [1.82, 2.24) is 15.2 Å². The third-order valence-electron chi connectivity index (χ3n) is 8.16. The number of pyridine rings is 1. The number of hydrogen-bond donors (Lipinski definition) is 1. The van der Waals surface area contributed by atoms with Crippen molar-refractivity contribution in [3.05, 3.63) is 65.5 Å². The standard InChI is InChI=1S/C28H35N3O3/c1-2-34-25-24(30-26(32)21-11-8-16-29-19-21)22-12-6-7-13-23(22)28(25)14-17-31(18-15-28)27(33)20-9-4-3-5-10-20/h6-8,11-13,16,19-20,24-25H,2-5,9-10,14-15,17-18H2,1H3,(H,30,32)/t24-,25+/m1/s1. The maximum absolute atomic E-state index is 13.2. The van der Waals surface area contributed by atoms with Crippen LogP contribution in [0.25, 0.3) is 0 Å². The number of nitrogens with zero attached hydrogens (tertiary/aromatic N) is 2. The lowest BCUT2D eigenvalue weighted by Crippen LogP contribution is -2.53. The fourth-order valence-electron chi connectivity index (χ4n) is 6.46. The van der Waals surface area contributed by atoms with Crippen LogP contribution in [0.3, 0.4) is 0 Å². The summed E-state index contributed by atoms with van der Waals surface area (Å²) >= 11 is 0. The first-order valence-electron chi connectivity index (χ1n) is 12.8. The molecule has 2 atom stereocenters. The van der Waals surface area contributed by atoms with Crippen LogP contribution in [0.2, 0.25) is 0 Å². The van der Waals surface area contributed by atoms with E-state index in [0.29, 0.717) is 18.1 Å². The highest BCUT2D eigenvalue weighted by Crippen LogP contribution is 2.52. The Morgan fingerprint density at radius 1 is 1.09 bits per heavy atom. The summed E-state index contributed by atoms with van der Waals surface area (Å²) in [4.78, 5) is 32.5. The van der Waals surface area contributed by atoms with Crippen LogP contribution in [0.5, 0.6) is 0 Å². The topological polar surface area (TPSA) is 71.5 Å². The van der Waals surface area contributed by atoms with E-state index in [1.807, 2.05) is 13.0 Å². The summed E-state index contributed by atoms with van der Waals surface area (Å²) in [6, 6.07) is 11.7. The molecule has 0 bridgehead atoms. The van der Waals surface area contributed by atoms with Gasteiger partial charge in [0, 0.05) is 43.4 Å². The van der Waals surface area contributed by atoms with E-state index in [4.69, 9.17) is 4.74 Å². The van der Waals surface area contributed by atoms with Gasteiger partial charge in [-0.25, -0.2) is 0 Å². The molecule has 180 valence electrons. The van der Waals surface area contributed by atoms with Gasteiger partial charge in [-0.15, -0.1) is 0 Å². The average Bonchev–Trinajstić information content (AvgIpc) is 3.14. The first-order valence-corrected chi connectivity index (χ1v) is 12.8. The van der Waals surface area contributed by atoms with E-state index >= 15 is 0 Å². The molecule has 1 saturated carbocycles.